The van der Waals surface area contributed by atoms with Crippen molar-refractivity contribution in [3.63, 3.8) is 0 Å². The molecule has 0 aliphatic heterocycles. The van der Waals surface area contributed by atoms with Crippen LogP contribution in [0.1, 0.15) is 23.6 Å². The lowest BCUT2D eigenvalue weighted by Crippen LogP contribution is -2.34. The Bertz CT molecular complexity index is 562. The first-order chi connectivity index (χ1) is 9.59. The Balaban J connectivity index is 2.34. The van der Waals surface area contributed by atoms with Crippen LogP contribution >= 0.6 is 0 Å². The normalized spacial score (nSPS) is 13.8. The smallest absolute Gasteiger partial charge is 0.122 e. The maximum absolute atomic E-state index is 6.08. The third-order valence-electron chi connectivity index (χ3n) is 3.97. The van der Waals surface area contributed by atoms with Crippen LogP contribution in [0.25, 0.3) is 0 Å². The molecule has 2 aromatic rings. The van der Waals surface area contributed by atoms with Crippen LogP contribution in [0.5, 0.6) is 5.75 Å². The van der Waals surface area contributed by atoms with Gasteiger partial charge in [-0.25, -0.2) is 0 Å². The molecular formula is C18H23NO. The minimum atomic E-state index is -0.0810. The van der Waals surface area contributed by atoms with Gasteiger partial charge in [-0.2, -0.15) is 0 Å². The highest BCUT2D eigenvalue weighted by Gasteiger charge is 2.26. The fourth-order valence-electron chi connectivity index (χ4n) is 2.52. The van der Waals surface area contributed by atoms with Crippen LogP contribution in [0, 0.1) is 6.92 Å². The van der Waals surface area contributed by atoms with E-state index in [4.69, 9.17) is 10.5 Å². The standard InChI is InChI=1S/C18H23NO/c1-14-8-10-16(11-9-14)18(2,13-19)12-15-6-4-5-7-17(15)20-3/h4-11H,12-13,19H2,1-3H3. The van der Waals surface area contributed by atoms with Crippen molar-refractivity contribution in [2.45, 2.75) is 25.7 Å². The molecule has 0 saturated carbocycles. The first kappa shape index (κ1) is 14.6. The molecule has 2 N–H and O–H groups in total. The number of aryl methyl sites for hydroxylation is 1. The number of methoxy groups -OCH3 is 1. The van der Waals surface area contributed by atoms with Crippen LogP contribution < -0.4 is 10.5 Å². The first-order valence-electron chi connectivity index (χ1n) is 6.98. The third kappa shape index (κ3) is 3.02. The second-order valence-electron chi connectivity index (χ2n) is 5.62. The minimum Gasteiger partial charge on any atom is -0.496 e. The summed E-state index contributed by atoms with van der Waals surface area (Å²) in [6.45, 7) is 4.92. The van der Waals surface area contributed by atoms with Gasteiger partial charge in [-0.15, -0.1) is 0 Å². The highest BCUT2D eigenvalue weighted by atomic mass is 16.5. The van der Waals surface area contributed by atoms with Gasteiger partial charge in [0.25, 0.3) is 0 Å². The predicted octanol–water partition coefficient (Wildman–Crippen LogP) is 3.46. The zero-order valence-electron chi connectivity index (χ0n) is 12.5. The molecule has 0 aliphatic rings. The maximum atomic E-state index is 6.08. The Morgan fingerprint density at radius 3 is 2.30 bits per heavy atom. The summed E-state index contributed by atoms with van der Waals surface area (Å²) in [7, 11) is 1.71. The van der Waals surface area contributed by atoms with Gasteiger partial charge in [-0.1, -0.05) is 55.0 Å². The largest absolute Gasteiger partial charge is 0.496 e. The summed E-state index contributed by atoms with van der Waals surface area (Å²) in [4.78, 5) is 0. The molecule has 1 atom stereocenters. The lowest BCUT2D eigenvalue weighted by molar-refractivity contribution is 0.399. The summed E-state index contributed by atoms with van der Waals surface area (Å²) < 4.78 is 5.45. The molecule has 0 spiro atoms. The van der Waals surface area contributed by atoms with Crippen molar-refractivity contribution in [1.82, 2.24) is 0 Å². The average Bonchev–Trinajstić information content (AvgIpc) is 2.48. The zero-order valence-corrected chi connectivity index (χ0v) is 12.5. The van der Waals surface area contributed by atoms with Crippen molar-refractivity contribution in [1.29, 1.82) is 0 Å². The van der Waals surface area contributed by atoms with E-state index in [1.165, 1.54) is 16.7 Å². The summed E-state index contributed by atoms with van der Waals surface area (Å²) in [5, 5.41) is 0. The van der Waals surface area contributed by atoms with E-state index in [0.717, 1.165) is 12.2 Å². The third-order valence-corrected chi connectivity index (χ3v) is 3.97. The van der Waals surface area contributed by atoms with Gasteiger partial charge in [0.2, 0.25) is 0 Å². The predicted molar refractivity (Wildman–Crippen MR) is 84.3 cm³/mol. The Morgan fingerprint density at radius 1 is 1.05 bits per heavy atom. The van der Waals surface area contributed by atoms with Crippen molar-refractivity contribution >= 4 is 0 Å². The summed E-state index contributed by atoms with van der Waals surface area (Å²) in [6.07, 6.45) is 0.872. The highest BCUT2D eigenvalue weighted by molar-refractivity contribution is 5.38. The number of ether oxygens (including phenoxy) is 1. The topological polar surface area (TPSA) is 35.2 Å². The number of para-hydroxylation sites is 1. The molecule has 0 amide bonds. The molecule has 20 heavy (non-hydrogen) atoms. The fraction of sp³-hybridized carbons (Fsp3) is 0.333. The van der Waals surface area contributed by atoms with E-state index in [0.29, 0.717) is 6.54 Å². The molecule has 2 nitrogen and oxygen atoms in total. The molecule has 0 fully saturated rings. The van der Waals surface area contributed by atoms with Gasteiger partial charge >= 0.3 is 0 Å². The van der Waals surface area contributed by atoms with Crippen LogP contribution in [0.4, 0.5) is 0 Å². The Hall–Kier alpha value is -1.80. The Morgan fingerprint density at radius 2 is 1.70 bits per heavy atom. The summed E-state index contributed by atoms with van der Waals surface area (Å²) in [5.74, 6) is 0.930. The van der Waals surface area contributed by atoms with E-state index in [9.17, 15) is 0 Å². The van der Waals surface area contributed by atoms with Gasteiger partial charge in [0, 0.05) is 12.0 Å². The van der Waals surface area contributed by atoms with E-state index in [2.05, 4.69) is 44.2 Å². The van der Waals surface area contributed by atoms with Crippen LogP contribution in [0.3, 0.4) is 0 Å². The van der Waals surface area contributed by atoms with Gasteiger partial charge in [0.05, 0.1) is 7.11 Å². The lowest BCUT2D eigenvalue weighted by atomic mass is 9.77. The van der Waals surface area contributed by atoms with Crippen LogP contribution in [-0.2, 0) is 11.8 Å². The monoisotopic (exact) mass is 269 g/mol. The second-order valence-corrected chi connectivity index (χ2v) is 5.62. The molecule has 1 unspecified atom stereocenters. The van der Waals surface area contributed by atoms with Gasteiger partial charge in [0.1, 0.15) is 5.75 Å². The van der Waals surface area contributed by atoms with Gasteiger partial charge in [0.15, 0.2) is 0 Å². The molecule has 0 aliphatic carbocycles. The second kappa shape index (κ2) is 6.10. The minimum absolute atomic E-state index is 0.0810. The molecule has 0 aromatic heterocycles. The zero-order chi connectivity index (χ0) is 14.6. The SMILES string of the molecule is COc1ccccc1CC(C)(CN)c1ccc(C)cc1. The van der Waals surface area contributed by atoms with Crippen molar-refractivity contribution in [3.05, 3.63) is 65.2 Å². The maximum Gasteiger partial charge on any atom is 0.122 e. The number of hydrogen-bond donors (Lipinski definition) is 1. The van der Waals surface area contributed by atoms with Crippen LogP contribution in [0.15, 0.2) is 48.5 Å². The van der Waals surface area contributed by atoms with E-state index < -0.39 is 0 Å². The van der Waals surface area contributed by atoms with Crippen LogP contribution in [0.2, 0.25) is 0 Å². The van der Waals surface area contributed by atoms with Crippen LogP contribution in [-0.4, -0.2) is 13.7 Å². The van der Waals surface area contributed by atoms with E-state index >= 15 is 0 Å². The summed E-state index contributed by atoms with van der Waals surface area (Å²) in [6, 6.07) is 16.8. The van der Waals surface area contributed by atoms with E-state index in [-0.39, 0.29) is 5.41 Å². The van der Waals surface area contributed by atoms with Crippen molar-refractivity contribution in [3.8, 4) is 5.75 Å². The Labute approximate surface area is 121 Å². The van der Waals surface area contributed by atoms with Crippen molar-refractivity contribution < 1.29 is 4.74 Å². The molecular weight excluding hydrogens is 246 g/mol. The quantitative estimate of drug-likeness (QED) is 0.902. The van der Waals surface area contributed by atoms with Gasteiger partial charge in [-0.3, -0.25) is 0 Å². The number of hydrogen-bond acceptors (Lipinski definition) is 2. The number of rotatable bonds is 5. The van der Waals surface area contributed by atoms with Gasteiger partial charge < -0.3 is 10.5 Å². The molecule has 2 heteroatoms. The summed E-state index contributed by atoms with van der Waals surface area (Å²) >= 11 is 0. The molecule has 0 radical (unpaired) electrons. The molecule has 2 rings (SSSR count). The molecule has 2 aromatic carbocycles. The molecule has 0 heterocycles. The average molecular weight is 269 g/mol. The molecule has 0 bridgehead atoms. The lowest BCUT2D eigenvalue weighted by Gasteiger charge is -2.29. The van der Waals surface area contributed by atoms with Gasteiger partial charge in [-0.05, 0) is 30.5 Å². The first-order valence-corrected chi connectivity index (χ1v) is 6.98. The van der Waals surface area contributed by atoms with Crippen molar-refractivity contribution in [2.24, 2.45) is 5.73 Å². The number of nitrogens with two attached hydrogens (primary N) is 1. The molecule has 0 saturated heterocycles. The highest BCUT2D eigenvalue weighted by Crippen LogP contribution is 2.31. The van der Waals surface area contributed by atoms with E-state index in [1.807, 2.05) is 18.2 Å². The Kier molecular flexibility index (Phi) is 4.46. The fourth-order valence-corrected chi connectivity index (χ4v) is 2.52. The summed E-state index contributed by atoms with van der Waals surface area (Å²) in [5.41, 5.74) is 9.74. The molecule has 106 valence electrons. The van der Waals surface area contributed by atoms with Crippen molar-refractivity contribution in [2.75, 3.05) is 13.7 Å². The number of benzene rings is 2. The van der Waals surface area contributed by atoms with E-state index in [1.54, 1.807) is 7.11 Å².